The molecule has 0 aliphatic carbocycles. The summed E-state index contributed by atoms with van der Waals surface area (Å²) in [5.74, 6) is -2.63. The number of hydrogen-bond donors (Lipinski definition) is 9. The van der Waals surface area contributed by atoms with E-state index in [-0.39, 0.29) is 37.0 Å². The van der Waals surface area contributed by atoms with Gasteiger partial charge in [-0.05, 0) is 103 Å². The predicted molar refractivity (Wildman–Crippen MR) is 307 cm³/mol. The first-order valence-corrected chi connectivity index (χ1v) is 30.9. The standard InChI is InChI=1S/C59H115N9O7/c1-4-7-9-11-13-15-17-19-21-23-25-27-29-43-54(70)64-48-38-34-42-50(65-55(71)44-30-28-26-24-22-20-18-16-14-12-10-8-5-2)57(73)67-52(41-32-36-46-61)59(75)68-51(40-31-35-45-60)58(74)66-49(56(62)72)39-33-37-47-63-53(69)6-3/h49-52H,4-48,60-61H2,1-3H3,(H2,62,72)(H,63,69)(H,64,70)(H,65,71)(H,66,74)(H,67,73)(H,68,75)/t49-,50+,51+,52-/m1/s1. The molecule has 16 nitrogen and oxygen atoms in total. The molecule has 12 N–H and O–H groups in total. The van der Waals surface area contributed by atoms with Gasteiger partial charge in [-0.1, -0.05) is 175 Å². The van der Waals surface area contributed by atoms with Crippen molar-refractivity contribution in [1.29, 1.82) is 0 Å². The summed E-state index contributed by atoms with van der Waals surface area (Å²) in [5, 5.41) is 17.3. The second kappa shape index (κ2) is 52.3. The Kier molecular flexibility index (Phi) is 49.6. The van der Waals surface area contributed by atoms with E-state index in [0.717, 1.165) is 38.5 Å². The zero-order valence-electron chi connectivity index (χ0n) is 48.2. The van der Waals surface area contributed by atoms with E-state index in [1.807, 2.05) is 0 Å². The number of carbonyl (C=O) groups excluding carboxylic acids is 7. The van der Waals surface area contributed by atoms with E-state index >= 15 is 0 Å². The smallest absolute Gasteiger partial charge is 0.243 e. The van der Waals surface area contributed by atoms with Crippen molar-refractivity contribution in [2.75, 3.05) is 26.2 Å². The highest BCUT2D eigenvalue weighted by atomic mass is 16.2. The molecule has 0 heterocycles. The molecule has 0 bridgehead atoms. The van der Waals surface area contributed by atoms with Crippen molar-refractivity contribution in [2.45, 2.75) is 308 Å². The third-order valence-corrected chi connectivity index (χ3v) is 14.3. The topological polar surface area (TPSA) is 270 Å². The second-order valence-electron chi connectivity index (χ2n) is 21.3. The Bertz CT molecular complexity index is 1450. The highest BCUT2D eigenvalue weighted by molar-refractivity contribution is 5.95. The lowest BCUT2D eigenvalue weighted by atomic mass is 10.0. The van der Waals surface area contributed by atoms with Crippen molar-refractivity contribution in [3.05, 3.63) is 0 Å². The molecule has 0 unspecified atom stereocenters. The van der Waals surface area contributed by atoms with Gasteiger partial charge in [0.15, 0.2) is 0 Å². The van der Waals surface area contributed by atoms with E-state index in [2.05, 4.69) is 45.7 Å². The maximum atomic E-state index is 14.2. The molecule has 438 valence electrons. The van der Waals surface area contributed by atoms with Crippen LogP contribution in [0.2, 0.25) is 0 Å². The van der Waals surface area contributed by atoms with Crippen LogP contribution in [0.15, 0.2) is 0 Å². The Morgan fingerprint density at radius 2 is 0.613 bits per heavy atom. The Morgan fingerprint density at radius 1 is 0.320 bits per heavy atom. The van der Waals surface area contributed by atoms with Crippen LogP contribution >= 0.6 is 0 Å². The van der Waals surface area contributed by atoms with Crippen LogP contribution in [0.4, 0.5) is 0 Å². The molecule has 0 aliphatic heterocycles. The molecule has 0 aromatic heterocycles. The molecule has 7 amide bonds. The van der Waals surface area contributed by atoms with Crippen LogP contribution < -0.4 is 49.1 Å². The van der Waals surface area contributed by atoms with Gasteiger partial charge in [-0.25, -0.2) is 0 Å². The largest absolute Gasteiger partial charge is 0.368 e. The Hall–Kier alpha value is -3.79. The second-order valence-corrected chi connectivity index (χ2v) is 21.3. The molecular formula is C59H115N9O7. The van der Waals surface area contributed by atoms with E-state index in [0.29, 0.717) is 110 Å². The minimum Gasteiger partial charge on any atom is -0.368 e. The number of unbranched alkanes of at least 4 members (excludes halogenated alkanes) is 28. The summed E-state index contributed by atoms with van der Waals surface area (Å²) in [5.41, 5.74) is 17.3. The lowest BCUT2D eigenvalue weighted by Crippen LogP contribution is -2.58. The van der Waals surface area contributed by atoms with Gasteiger partial charge in [0, 0.05) is 32.4 Å². The van der Waals surface area contributed by atoms with Crippen molar-refractivity contribution in [1.82, 2.24) is 31.9 Å². The van der Waals surface area contributed by atoms with Gasteiger partial charge in [0.25, 0.3) is 0 Å². The van der Waals surface area contributed by atoms with Crippen molar-refractivity contribution >= 4 is 41.4 Å². The summed E-state index contributed by atoms with van der Waals surface area (Å²) in [7, 11) is 0. The molecule has 0 spiro atoms. The molecule has 0 saturated heterocycles. The van der Waals surface area contributed by atoms with Gasteiger partial charge in [-0.3, -0.25) is 33.6 Å². The van der Waals surface area contributed by atoms with Crippen molar-refractivity contribution in [3.8, 4) is 0 Å². The molecule has 0 radical (unpaired) electrons. The van der Waals surface area contributed by atoms with Gasteiger partial charge in [0.05, 0.1) is 0 Å². The minimum atomic E-state index is -1.04. The molecule has 0 fully saturated rings. The number of amides is 7. The van der Waals surface area contributed by atoms with Gasteiger partial charge in [-0.15, -0.1) is 0 Å². The van der Waals surface area contributed by atoms with Crippen LogP contribution in [-0.2, 0) is 33.6 Å². The lowest BCUT2D eigenvalue weighted by molar-refractivity contribution is -0.134. The quantitative estimate of drug-likeness (QED) is 0.0262. The van der Waals surface area contributed by atoms with Gasteiger partial charge in [0.1, 0.15) is 24.2 Å². The fourth-order valence-electron chi connectivity index (χ4n) is 9.38. The molecule has 0 aromatic carbocycles. The summed E-state index contributed by atoms with van der Waals surface area (Å²) in [6, 6.07) is -3.99. The highest BCUT2D eigenvalue weighted by Crippen LogP contribution is 2.16. The molecule has 0 saturated carbocycles. The Balaban J connectivity index is 5.60. The Labute approximate surface area is 456 Å². The molecule has 0 aromatic rings. The van der Waals surface area contributed by atoms with E-state index in [1.165, 1.54) is 122 Å². The molecule has 75 heavy (non-hydrogen) atoms. The van der Waals surface area contributed by atoms with Crippen LogP contribution in [0.1, 0.15) is 284 Å². The van der Waals surface area contributed by atoms with E-state index in [4.69, 9.17) is 17.2 Å². The summed E-state index contributed by atoms with van der Waals surface area (Å²) in [4.78, 5) is 92.2. The molecule has 16 heteroatoms. The minimum absolute atomic E-state index is 0.0269. The number of nitrogens with two attached hydrogens (primary N) is 3. The molecule has 4 atom stereocenters. The maximum absolute atomic E-state index is 14.2. The van der Waals surface area contributed by atoms with Crippen molar-refractivity contribution in [2.24, 2.45) is 17.2 Å². The number of hydrogen-bond acceptors (Lipinski definition) is 9. The van der Waals surface area contributed by atoms with Crippen molar-refractivity contribution < 1.29 is 33.6 Å². The number of nitrogens with one attached hydrogen (secondary N) is 6. The molecule has 0 rings (SSSR count). The zero-order valence-corrected chi connectivity index (χ0v) is 48.2. The van der Waals surface area contributed by atoms with Crippen LogP contribution in [0, 0.1) is 0 Å². The van der Waals surface area contributed by atoms with Crippen LogP contribution in [0.5, 0.6) is 0 Å². The van der Waals surface area contributed by atoms with Crippen LogP contribution in [-0.4, -0.2) is 91.7 Å². The van der Waals surface area contributed by atoms with Crippen LogP contribution in [0.25, 0.3) is 0 Å². The highest BCUT2D eigenvalue weighted by Gasteiger charge is 2.31. The number of carbonyl (C=O) groups is 7. The van der Waals surface area contributed by atoms with Gasteiger partial charge >= 0.3 is 0 Å². The van der Waals surface area contributed by atoms with E-state index < -0.39 is 47.8 Å². The lowest BCUT2D eigenvalue weighted by Gasteiger charge is -2.26. The number of primary amides is 1. The average Bonchev–Trinajstić information content (AvgIpc) is 3.39. The summed E-state index contributed by atoms with van der Waals surface area (Å²) in [6.07, 6.45) is 38.5. The third-order valence-electron chi connectivity index (χ3n) is 14.3. The number of rotatable bonds is 55. The summed E-state index contributed by atoms with van der Waals surface area (Å²) in [6.45, 7) is 7.93. The first-order chi connectivity index (χ1) is 36.4. The fourth-order valence-corrected chi connectivity index (χ4v) is 9.38. The van der Waals surface area contributed by atoms with Gasteiger partial charge in [0.2, 0.25) is 41.4 Å². The third kappa shape index (κ3) is 44.0. The van der Waals surface area contributed by atoms with Gasteiger partial charge in [-0.2, -0.15) is 0 Å². The average molecular weight is 1060 g/mol. The summed E-state index contributed by atoms with van der Waals surface area (Å²) >= 11 is 0. The summed E-state index contributed by atoms with van der Waals surface area (Å²) < 4.78 is 0. The molecular weight excluding hydrogens is 947 g/mol. The monoisotopic (exact) mass is 1060 g/mol. The predicted octanol–water partition coefficient (Wildman–Crippen LogP) is 9.61. The van der Waals surface area contributed by atoms with E-state index in [1.54, 1.807) is 6.92 Å². The zero-order chi connectivity index (χ0) is 55.4. The SMILES string of the molecule is CCCCCCCCCCCCCCCC(=O)NCCCC[C@H](NC(=O)CCCCCCCCCCCCCCC)C(=O)N[C@H](CCCCN)C(=O)N[C@@H](CCCCN)C(=O)N[C@H](CCCCNC(=O)CC)C(N)=O. The van der Waals surface area contributed by atoms with E-state index in [9.17, 15) is 33.6 Å². The molecule has 0 aliphatic rings. The van der Waals surface area contributed by atoms with Crippen molar-refractivity contribution in [3.63, 3.8) is 0 Å². The maximum Gasteiger partial charge on any atom is 0.243 e. The first kappa shape index (κ1) is 71.2. The van der Waals surface area contributed by atoms with Crippen LogP contribution in [0.3, 0.4) is 0 Å². The van der Waals surface area contributed by atoms with Gasteiger partial charge < -0.3 is 49.1 Å². The normalized spacial score (nSPS) is 12.8. The first-order valence-electron chi connectivity index (χ1n) is 30.9. The fraction of sp³-hybridized carbons (Fsp3) is 0.881. The Morgan fingerprint density at radius 3 is 0.960 bits per heavy atom.